The van der Waals surface area contributed by atoms with Gasteiger partial charge in [0.05, 0.1) is 0 Å². The highest BCUT2D eigenvalue weighted by Gasteiger charge is 2.24. The smallest absolute Gasteiger partial charge is 0.190 e. The summed E-state index contributed by atoms with van der Waals surface area (Å²) in [5.74, 6) is -0.143. The molecular formula is C17H11BrO2. The quantitative estimate of drug-likeness (QED) is 0.836. The normalized spacial score (nSPS) is 13.9. The van der Waals surface area contributed by atoms with Crippen LogP contribution in [0.4, 0.5) is 0 Å². The molecule has 0 aromatic heterocycles. The molecule has 98 valence electrons. The largest absolute Gasteiger partial charge is 0.289 e. The molecule has 0 spiro atoms. The number of fused-ring (bicyclic) bond motifs is 1. The molecule has 20 heavy (non-hydrogen) atoms. The van der Waals surface area contributed by atoms with Gasteiger partial charge < -0.3 is 0 Å². The van der Waals surface area contributed by atoms with E-state index in [1.165, 1.54) is 6.08 Å². The predicted octanol–water partition coefficient (Wildman–Crippen LogP) is 4.00. The molecule has 1 aliphatic rings. The Morgan fingerprint density at radius 2 is 1.50 bits per heavy atom. The zero-order chi connectivity index (χ0) is 14.1. The maximum atomic E-state index is 12.4. The van der Waals surface area contributed by atoms with Crippen molar-refractivity contribution in [3.05, 3.63) is 81.3 Å². The van der Waals surface area contributed by atoms with Crippen LogP contribution in [0.5, 0.6) is 0 Å². The molecule has 1 aliphatic carbocycles. The van der Waals surface area contributed by atoms with Crippen molar-refractivity contribution in [2.24, 2.45) is 0 Å². The Hall–Kier alpha value is -2.00. The van der Waals surface area contributed by atoms with Gasteiger partial charge in [0.1, 0.15) is 0 Å². The van der Waals surface area contributed by atoms with E-state index in [0.29, 0.717) is 23.1 Å². The highest BCUT2D eigenvalue weighted by atomic mass is 79.9. The summed E-state index contributed by atoms with van der Waals surface area (Å²) in [5.41, 5.74) is 2.57. The molecule has 0 bridgehead atoms. The van der Waals surface area contributed by atoms with E-state index < -0.39 is 0 Å². The van der Waals surface area contributed by atoms with Gasteiger partial charge >= 0.3 is 0 Å². The molecule has 0 heterocycles. The van der Waals surface area contributed by atoms with E-state index in [1.54, 1.807) is 24.3 Å². The zero-order valence-corrected chi connectivity index (χ0v) is 12.2. The monoisotopic (exact) mass is 326 g/mol. The van der Waals surface area contributed by atoms with Gasteiger partial charge in [-0.1, -0.05) is 52.3 Å². The van der Waals surface area contributed by atoms with Crippen LogP contribution in [0.3, 0.4) is 0 Å². The molecule has 0 saturated heterocycles. The molecule has 0 unspecified atom stereocenters. The summed E-state index contributed by atoms with van der Waals surface area (Å²) in [5, 5.41) is 0. The molecule has 2 aromatic carbocycles. The average Bonchev–Trinajstić information content (AvgIpc) is 2.47. The maximum Gasteiger partial charge on any atom is 0.190 e. The van der Waals surface area contributed by atoms with Crippen LogP contribution in [0.15, 0.2) is 64.7 Å². The number of ketones is 2. The third-order valence-corrected chi connectivity index (χ3v) is 3.87. The summed E-state index contributed by atoms with van der Waals surface area (Å²) < 4.78 is 0.992. The lowest BCUT2D eigenvalue weighted by atomic mass is 9.87. The van der Waals surface area contributed by atoms with Crippen molar-refractivity contribution >= 4 is 27.5 Å². The van der Waals surface area contributed by atoms with E-state index in [2.05, 4.69) is 15.9 Å². The first-order valence-electron chi connectivity index (χ1n) is 6.28. The molecular weight excluding hydrogens is 316 g/mol. The number of hydrogen-bond acceptors (Lipinski definition) is 2. The fourth-order valence-electron chi connectivity index (χ4n) is 2.32. The number of allylic oxidation sites excluding steroid dienone is 2. The van der Waals surface area contributed by atoms with Gasteiger partial charge in [-0.05, 0) is 23.8 Å². The van der Waals surface area contributed by atoms with Crippen molar-refractivity contribution in [3.63, 3.8) is 0 Å². The molecule has 0 aliphatic heterocycles. The minimum absolute atomic E-state index is 0.0527. The van der Waals surface area contributed by atoms with Gasteiger partial charge in [-0.3, -0.25) is 9.59 Å². The van der Waals surface area contributed by atoms with E-state index in [-0.39, 0.29) is 11.6 Å². The van der Waals surface area contributed by atoms with Crippen LogP contribution >= 0.6 is 15.9 Å². The lowest BCUT2D eigenvalue weighted by Crippen LogP contribution is -2.18. The lowest BCUT2D eigenvalue weighted by Gasteiger charge is -2.14. The second-order valence-electron chi connectivity index (χ2n) is 4.71. The first-order chi connectivity index (χ1) is 9.65. The summed E-state index contributed by atoms with van der Waals surface area (Å²) in [7, 11) is 0. The Kier molecular flexibility index (Phi) is 3.36. The van der Waals surface area contributed by atoms with Crippen LogP contribution < -0.4 is 0 Å². The third kappa shape index (κ3) is 2.37. The second kappa shape index (κ2) is 5.17. The minimum atomic E-state index is -0.0905. The van der Waals surface area contributed by atoms with Crippen LogP contribution in [-0.4, -0.2) is 11.6 Å². The summed E-state index contributed by atoms with van der Waals surface area (Å²) in [6.45, 7) is 0. The molecule has 0 fully saturated rings. The molecule has 0 radical (unpaired) electrons. The Balaban J connectivity index is 1.94. The number of hydrogen-bond donors (Lipinski definition) is 0. The Labute approximate surface area is 125 Å². The van der Waals surface area contributed by atoms with Gasteiger partial charge in [-0.15, -0.1) is 0 Å². The predicted molar refractivity (Wildman–Crippen MR) is 81.0 cm³/mol. The van der Waals surface area contributed by atoms with Crippen molar-refractivity contribution < 1.29 is 9.59 Å². The van der Waals surface area contributed by atoms with Crippen LogP contribution in [0.25, 0.3) is 0 Å². The first-order valence-corrected chi connectivity index (χ1v) is 7.07. The molecule has 0 amide bonds. The Morgan fingerprint density at radius 1 is 0.850 bits per heavy atom. The Morgan fingerprint density at radius 3 is 2.20 bits per heavy atom. The van der Waals surface area contributed by atoms with Gasteiger partial charge in [0.2, 0.25) is 0 Å². The summed E-state index contributed by atoms with van der Waals surface area (Å²) in [6, 6.07) is 14.7. The van der Waals surface area contributed by atoms with Crippen molar-refractivity contribution in [1.82, 2.24) is 0 Å². The maximum absolute atomic E-state index is 12.4. The number of carbonyl (C=O) groups excluding carboxylic acids is 2. The fraction of sp³-hybridized carbons (Fsp3) is 0.0588. The molecule has 0 N–H and O–H groups in total. The van der Waals surface area contributed by atoms with E-state index >= 15 is 0 Å². The highest BCUT2D eigenvalue weighted by Crippen LogP contribution is 2.24. The number of carbonyl (C=O) groups is 2. The summed E-state index contributed by atoms with van der Waals surface area (Å²) in [6.07, 6.45) is 1.94. The topological polar surface area (TPSA) is 34.1 Å². The van der Waals surface area contributed by atoms with Crippen LogP contribution in [-0.2, 0) is 6.42 Å². The van der Waals surface area contributed by atoms with Gasteiger partial charge in [-0.25, -0.2) is 0 Å². The van der Waals surface area contributed by atoms with Crippen molar-refractivity contribution in [2.45, 2.75) is 6.42 Å². The van der Waals surface area contributed by atoms with Crippen molar-refractivity contribution in [2.75, 3.05) is 0 Å². The third-order valence-electron chi connectivity index (χ3n) is 3.34. The Bertz CT molecular complexity index is 727. The van der Waals surface area contributed by atoms with Crippen molar-refractivity contribution in [1.29, 1.82) is 0 Å². The SMILES string of the molecule is O=C1C=C(Cc2ccc(Br)cc2)C(=O)c2ccccc21. The molecule has 3 heteroatoms. The van der Waals surface area contributed by atoms with E-state index in [0.717, 1.165) is 10.0 Å². The number of halogens is 1. The van der Waals surface area contributed by atoms with E-state index in [9.17, 15) is 9.59 Å². The van der Waals surface area contributed by atoms with Crippen LogP contribution in [0.2, 0.25) is 0 Å². The fourth-order valence-corrected chi connectivity index (χ4v) is 2.59. The van der Waals surface area contributed by atoms with Gasteiger partial charge in [-0.2, -0.15) is 0 Å². The van der Waals surface area contributed by atoms with Gasteiger partial charge in [0.15, 0.2) is 11.6 Å². The number of Topliss-reactive ketones (excluding diaryl/α,β-unsaturated/α-hetero) is 1. The molecule has 2 nitrogen and oxygen atoms in total. The molecule has 0 saturated carbocycles. The molecule has 0 atom stereocenters. The van der Waals surface area contributed by atoms with Crippen molar-refractivity contribution in [3.8, 4) is 0 Å². The first kappa shape index (κ1) is 13.0. The molecule has 2 aromatic rings. The summed E-state index contributed by atoms with van der Waals surface area (Å²) in [4.78, 5) is 24.5. The summed E-state index contributed by atoms with van der Waals surface area (Å²) >= 11 is 3.38. The molecule has 3 rings (SSSR count). The lowest BCUT2D eigenvalue weighted by molar-refractivity contribution is 0.0982. The van der Waals surface area contributed by atoms with Gasteiger partial charge in [0, 0.05) is 27.6 Å². The number of rotatable bonds is 2. The van der Waals surface area contributed by atoms with E-state index in [4.69, 9.17) is 0 Å². The standard InChI is InChI=1S/C17H11BrO2/c18-13-7-5-11(6-8-13)9-12-10-16(19)14-3-1-2-4-15(14)17(12)20/h1-8,10H,9H2. The average molecular weight is 327 g/mol. The zero-order valence-electron chi connectivity index (χ0n) is 10.6. The highest BCUT2D eigenvalue weighted by molar-refractivity contribution is 9.10. The minimum Gasteiger partial charge on any atom is -0.289 e. The van der Waals surface area contributed by atoms with E-state index in [1.807, 2.05) is 24.3 Å². The number of benzene rings is 2. The second-order valence-corrected chi connectivity index (χ2v) is 5.63. The van der Waals surface area contributed by atoms with Crippen LogP contribution in [0.1, 0.15) is 26.3 Å². The van der Waals surface area contributed by atoms with Crippen LogP contribution in [0, 0.1) is 0 Å². The van der Waals surface area contributed by atoms with Gasteiger partial charge in [0.25, 0.3) is 0 Å².